The van der Waals surface area contributed by atoms with Gasteiger partial charge in [-0.05, 0) is 12.1 Å². The summed E-state index contributed by atoms with van der Waals surface area (Å²) in [7, 11) is 1.82. The van der Waals surface area contributed by atoms with Crippen molar-refractivity contribution < 1.29 is 9.32 Å². The molecule has 1 amide bonds. The molecule has 0 aromatic carbocycles. The fraction of sp³-hybridized carbons (Fsp3) is 0.385. The maximum absolute atomic E-state index is 11.9. The zero-order chi connectivity index (χ0) is 13.3. The van der Waals surface area contributed by atoms with Crippen LogP contribution in [0.5, 0.6) is 0 Å². The second-order valence-corrected chi connectivity index (χ2v) is 5.28. The normalized spacial score (nSPS) is 11.6. The van der Waals surface area contributed by atoms with Gasteiger partial charge in [-0.2, -0.15) is 0 Å². The van der Waals surface area contributed by atoms with Gasteiger partial charge in [0.25, 0.3) is 5.91 Å². The Morgan fingerprint density at radius 2 is 2.17 bits per heavy atom. The lowest BCUT2D eigenvalue weighted by Crippen LogP contribution is -2.15. The molecule has 0 radical (unpaired) electrons. The summed E-state index contributed by atoms with van der Waals surface area (Å²) in [6.07, 6.45) is 1.82. The highest BCUT2D eigenvalue weighted by Crippen LogP contribution is 2.24. The van der Waals surface area contributed by atoms with Crippen LogP contribution in [0.15, 0.2) is 28.9 Å². The van der Waals surface area contributed by atoms with Crippen molar-refractivity contribution in [2.45, 2.75) is 26.2 Å². The summed E-state index contributed by atoms with van der Waals surface area (Å²) in [6, 6.07) is 5.32. The molecule has 5 heteroatoms. The van der Waals surface area contributed by atoms with Gasteiger partial charge in [0.15, 0.2) is 5.82 Å². The summed E-state index contributed by atoms with van der Waals surface area (Å²) in [6.45, 7) is 6.07. The van der Waals surface area contributed by atoms with E-state index in [-0.39, 0.29) is 11.3 Å². The lowest BCUT2D eigenvalue weighted by Gasteiger charge is -2.12. The molecule has 0 aliphatic heterocycles. The summed E-state index contributed by atoms with van der Waals surface area (Å²) in [5.74, 6) is 0.979. The first-order chi connectivity index (χ1) is 8.38. The Labute approximate surface area is 106 Å². The number of nitrogens with zero attached hydrogens (tertiary/aromatic N) is 2. The van der Waals surface area contributed by atoms with Crippen molar-refractivity contribution >= 4 is 11.7 Å². The highest BCUT2D eigenvalue weighted by molar-refractivity contribution is 6.02. The molecule has 0 saturated heterocycles. The first-order valence-electron chi connectivity index (χ1n) is 5.78. The van der Waals surface area contributed by atoms with Crippen LogP contribution in [0.4, 0.5) is 5.82 Å². The van der Waals surface area contributed by atoms with Gasteiger partial charge in [-0.3, -0.25) is 4.79 Å². The molecule has 0 bridgehead atoms. The highest BCUT2D eigenvalue weighted by atomic mass is 16.5. The Kier molecular flexibility index (Phi) is 2.98. The van der Waals surface area contributed by atoms with Crippen molar-refractivity contribution in [3.8, 4) is 0 Å². The predicted octanol–water partition coefficient (Wildman–Crippen LogP) is 2.56. The van der Waals surface area contributed by atoms with Gasteiger partial charge in [-0.1, -0.05) is 25.9 Å². The number of hydrogen-bond donors (Lipinski definition) is 1. The second-order valence-electron chi connectivity index (χ2n) is 5.28. The van der Waals surface area contributed by atoms with Crippen molar-refractivity contribution in [2.75, 3.05) is 5.32 Å². The molecule has 2 heterocycles. The zero-order valence-corrected chi connectivity index (χ0v) is 11.0. The number of aryl methyl sites for hydroxylation is 1. The topological polar surface area (TPSA) is 60.1 Å². The minimum absolute atomic E-state index is 0.124. The molecule has 0 aliphatic rings. The molecule has 0 aliphatic carbocycles. The van der Waals surface area contributed by atoms with Gasteiger partial charge >= 0.3 is 0 Å². The molecule has 1 N–H and O–H groups in total. The number of anilines is 1. The van der Waals surface area contributed by atoms with Crippen LogP contribution < -0.4 is 5.32 Å². The Morgan fingerprint density at radius 3 is 2.67 bits per heavy atom. The van der Waals surface area contributed by atoms with Gasteiger partial charge in [-0.25, -0.2) is 0 Å². The smallest absolute Gasteiger partial charge is 0.273 e. The largest absolute Gasteiger partial charge is 0.359 e. The summed E-state index contributed by atoms with van der Waals surface area (Å²) in [4.78, 5) is 11.9. The van der Waals surface area contributed by atoms with Gasteiger partial charge in [0.1, 0.15) is 11.5 Å². The summed E-state index contributed by atoms with van der Waals surface area (Å²) in [5, 5.41) is 6.56. The maximum atomic E-state index is 11.9. The van der Waals surface area contributed by atoms with E-state index >= 15 is 0 Å². The lowest BCUT2D eigenvalue weighted by atomic mass is 9.93. The van der Waals surface area contributed by atoms with Crippen LogP contribution in [-0.4, -0.2) is 15.6 Å². The molecule has 0 fully saturated rings. The fourth-order valence-electron chi connectivity index (χ4n) is 1.56. The lowest BCUT2D eigenvalue weighted by molar-refractivity contribution is 0.101. The third-order valence-electron chi connectivity index (χ3n) is 2.67. The molecule has 2 aromatic rings. The van der Waals surface area contributed by atoms with E-state index < -0.39 is 0 Å². The number of carbonyl (C=O) groups excluding carboxylic acids is 1. The molecule has 0 spiro atoms. The number of carbonyl (C=O) groups is 1. The SMILES string of the molecule is Cn1cccc1C(=O)Nc1cc(C(C)(C)C)on1. The molecule has 18 heavy (non-hydrogen) atoms. The van der Waals surface area contributed by atoms with Crippen LogP contribution >= 0.6 is 0 Å². The molecule has 0 unspecified atom stereocenters. The van der Waals surface area contributed by atoms with E-state index in [4.69, 9.17) is 4.52 Å². The first kappa shape index (κ1) is 12.4. The second kappa shape index (κ2) is 4.33. The van der Waals surface area contributed by atoms with Crippen LogP contribution in [0.25, 0.3) is 0 Å². The van der Waals surface area contributed by atoms with E-state index in [9.17, 15) is 4.79 Å². The summed E-state index contributed by atoms with van der Waals surface area (Å²) < 4.78 is 6.96. The van der Waals surface area contributed by atoms with Crippen molar-refractivity contribution in [3.05, 3.63) is 35.9 Å². The first-order valence-corrected chi connectivity index (χ1v) is 5.78. The van der Waals surface area contributed by atoms with Gasteiger partial charge in [0.2, 0.25) is 0 Å². The third-order valence-corrected chi connectivity index (χ3v) is 2.67. The van der Waals surface area contributed by atoms with E-state index in [0.29, 0.717) is 11.5 Å². The summed E-state index contributed by atoms with van der Waals surface area (Å²) >= 11 is 0. The van der Waals surface area contributed by atoms with Crippen molar-refractivity contribution in [1.82, 2.24) is 9.72 Å². The number of aromatic nitrogens is 2. The van der Waals surface area contributed by atoms with E-state index in [1.54, 1.807) is 16.7 Å². The molecular formula is C13H17N3O2. The van der Waals surface area contributed by atoms with Crippen LogP contribution in [0.2, 0.25) is 0 Å². The van der Waals surface area contributed by atoms with Crippen LogP contribution in [0.1, 0.15) is 37.0 Å². The standard InChI is InChI=1S/C13H17N3O2/c1-13(2,3)10-8-11(15-18-10)14-12(17)9-6-5-7-16(9)4/h5-8H,1-4H3,(H,14,15,17). The fourth-order valence-corrected chi connectivity index (χ4v) is 1.56. The monoisotopic (exact) mass is 247 g/mol. The molecule has 2 rings (SSSR count). The van der Waals surface area contributed by atoms with Crippen molar-refractivity contribution in [2.24, 2.45) is 7.05 Å². The van der Waals surface area contributed by atoms with E-state index in [1.807, 2.05) is 40.1 Å². The Bertz CT molecular complexity index is 561. The number of rotatable bonds is 2. The zero-order valence-electron chi connectivity index (χ0n) is 11.0. The Hall–Kier alpha value is -2.04. The summed E-state index contributed by atoms with van der Waals surface area (Å²) in [5.41, 5.74) is 0.455. The average molecular weight is 247 g/mol. The molecule has 5 nitrogen and oxygen atoms in total. The number of amides is 1. The highest BCUT2D eigenvalue weighted by Gasteiger charge is 2.20. The van der Waals surface area contributed by atoms with Gasteiger partial charge in [0, 0.05) is 24.7 Å². The Balaban J connectivity index is 2.13. The number of nitrogens with one attached hydrogen (secondary N) is 1. The minimum atomic E-state index is -0.198. The Morgan fingerprint density at radius 1 is 1.44 bits per heavy atom. The molecule has 0 atom stereocenters. The average Bonchev–Trinajstić information content (AvgIpc) is 2.85. The van der Waals surface area contributed by atoms with Gasteiger partial charge < -0.3 is 14.4 Å². The third kappa shape index (κ3) is 2.45. The van der Waals surface area contributed by atoms with Crippen molar-refractivity contribution in [1.29, 1.82) is 0 Å². The molecule has 0 saturated carbocycles. The number of hydrogen-bond acceptors (Lipinski definition) is 3. The van der Waals surface area contributed by atoms with E-state index in [2.05, 4.69) is 10.5 Å². The van der Waals surface area contributed by atoms with E-state index in [1.165, 1.54) is 0 Å². The van der Waals surface area contributed by atoms with Gasteiger partial charge in [-0.15, -0.1) is 0 Å². The predicted molar refractivity (Wildman–Crippen MR) is 68.6 cm³/mol. The molecule has 2 aromatic heterocycles. The van der Waals surface area contributed by atoms with Crippen LogP contribution in [0.3, 0.4) is 0 Å². The minimum Gasteiger partial charge on any atom is -0.359 e. The van der Waals surface area contributed by atoms with Gasteiger partial charge in [0.05, 0.1) is 0 Å². The molecular weight excluding hydrogens is 230 g/mol. The maximum Gasteiger partial charge on any atom is 0.273 e. The molecule has 96 valence electrons. The van der Waals surface area contributed by atoms with E-state index in [0.717, 1.165) is 5.76 Å². The van der Waals surface area contributed by atoms with Crippen molar-refractivity contribution in [3.63, 3.8) is 0 Å². The van der Waals surface area contributed by atoms with Crippen LogP contribution in [-0.2, 0) is 12.5 Å². The van der Waals surface area contributed by atoms with Crippen LogP contribution in [0, 0.1) is 0 Å². The quantitative estimate of drug-likeness (QED) is 0.887.